The Hall–Kier alpha value is -4.88. The molecule has 0 aliphatic carbocycles. The second-order valence-corrected chi connectivity index (χ2v) is 12.7. The van der Waals surface area contributed by atoms with Crippen LogP contribution in [0.3, 0.4) is 0 Å². The predicted molar refractivity (Wildman–Crippen MR) is 163 cm³/mol. The van der Waals surface area contributed by atoms with Gasteiger partial charge in [0.1, 0.15) is 36.4 Å². The number of rotatable bonds is 11. The van der Waals surface area contributed by atoms with Crippen molar-refractivity contribution in [2.75, 3.05) is 0 Å². The van der Waals surface area contributed by atoms with E-state index in [1.807, 2.05) is 36.4 Å². The minimum absolute atomic E-state index is 0.0410. The number of nitrogens with one attached hydrogen (secondary N) is 2. The number of carbonyl (C=O) groups is 5. The Morgan fingerprint density at radius 1 is 0.933 bits per heavy atom. The summed E-state index contributed by atoms with van der Waals surface area (Å²) in [5.74, 6) is -1.98. The van der Waals surface area contributed by atoms with Crippen molar-refractivity contribution in [3.8, 4) is 5.75 Å². The number of fused-ring (bicyclic) bond motifs is 1. The molecular weight excluding hydrogens is 600 g/mol. The van der Waals surface area contributed by atoms with Crippen molar-refractivity contribution in [1.29, 1.82) is 0 Å². The maximum Gasteiger partial charge on any atom is 0.514 e. The van der Waals surface area contributed by atoms with E-state index in [1.54, 1.807) is 38.1 Å². The van der Waals surface area contributed by atoms with Gasteiger partial charge in [-0.1, -0.05) is 72.8 Å². The molecule has 5 rings (SSSR count). The topological polar surface area (TPSA) is 166 Å². The average Bonchev–Trinajstić information content (AvgIpc) is 3.26. The zero-order chi connectivity index (χ0) is 32.2. The predicted octanol–water partition coefficient (Wildman–Crippen LogP) is 2.77. The van der Waals surface area contributed by atoms with Crippen molar-refractivity contribution in [2.24, 2.45) is 5.73 Å². The lowest BCUT2D eigenvalue weighted by Gasteiger charge is -2.50. The fourth-order valence-corrected chi connectivity index (χ4v) is 6.98. The van der Waals surface area contributed by atoms with Crippen LogP contribution in [-0.4, -0.2) is 57.1 Å². The SMILES string of the molecule is CC1(C)S[C@@H]2[C@H](NC=O)C(=O)N2[C@@]1(NC(=O)C(N)c1ccc(OC(=O)OCc2ccccc2)cc1)C(=O)OCc1ccccc1. The van der Waals surface area contributed by atoms with Crippen molar-refractivity contribution in [3.63, 3.8) is 0 Å². The molecule has 0 aromatic heterocycles. The van der Waals surface area contributed by atoms with Crippen LogP contribution in [-0.2, 0) is 41.9 Å². The summed E-state index contributed by atoms with van der Waals surface area (Å²) in [7, 11) is 0. The molecule has 2 aliphatic heterocycles. The molecule has 0 spiro atoms. The van der Waals surface area contributed by atoms with Gasteiger partial charge < -0.3 is 30.6 Å². The van der Waals surface area contributed by atoms with Crippen molar-refractivity contribution in [3.05, 3.63) is 102 Å². The highest BCUT2D eigenvalue weighted by molar-refractivity contribution is 8.01. The van der Waals surface area contributed by atoms with E-state index in [4.69, 9.17) is 19.9 Å². The first-order valence-corrected chi connectivity index (χ1v) is 14.9. The third kappa shape index (κ3) is 6.22. The van der Waals surface area contributed by atoms with Crippen LogP contribution in [0.5, 0.6) is 5.75 Å². The lowest BCUT2D eigenvalue weighted by molar-refractivity contribution is -0.181. The van der Waals surface area contributed by atoms with E-state index in [0.29, 0.717) is 17.5 Å². The molecule has 3 aromatic carbocycles. The van der Waals surface area contributed by atoms with E-state index in [2.05, 4.69) is 10.6 Å². The van der Waals surface area contributed by atoms with Gasteiger partial charge in [0.05, 0.1) is 4.75 Å². The average molecular weight is 633 g/mol. The van der Waals surface area contributed by atoms with Gasteiger partial charge in [0.15, 0.2) is 0 Å². The molecule has 2 aliphatic rings. The summed E-state index contributed by atoms with van der Waals surface area (Å²) in [6, 6.07) is 21.9. The number of benzene rings is 3. The van der Waals surface area contributed by atoms with Gasteiger partial charge in [-0.15, -0.1) is 11.8 Å². The summed E-state index contributed by atoms with van der Waals surface area (Å²) in [5, 5.41) is 4.60. The Labute approximate surface area is 263 Å². The Balaban J connectivity index is 1.31. The number of amides is 3. The highest BCUT2D eigenvalue weighted by atomic mass is 32.2. The summed E-state index contributed by atoms with van der Waals surface area (Å²) >= 11 is 1.25. The number of hydrogen-bond donors (Lipinski definition) is 3. The van der Waals surface area contributed by atoms with Gasteiger partial charge in [0, 0.05) is 0 Å². The zero-order valence-corrected chi connectivity index (χ0v) is 25.3. The van der Waals surface area contributed by atoms with Crippen LogP contribution in [0, 0.1) is 0 Å². The molecule has 12 nitrogen and oxygen atoms in total. The van der Waals surface area contributed by atoms with E-state index < -0.39 is 51.8 Å². The van der Waals surface area contributed by atoms with Crippen molar-refractivity contribution >= 4 is 42.1 Å². The number of nitrogens with two attached hydrogens (primary N) is 1. The highest BCUT2D eigenvalue weighted by Gasteiger charge is 2.74. The van der Waals surface area contributed by atoms with Crippen LogP contribution in [0.1, 0.15) is 36.6 Å². The quantitative estimate of drug-likeness (QED) is 0.124. The number of nitrogens with zero attached hydrogens (tertiary/aromatic N) is 1. The first-order chi connectivity index (χ1) is 21.6. The van der Waals surface area contributed by atoms with E-state index in [9.17, 15) is 24.0 Å². The molecule has 3 amide bonds. The molecule has 2 saturated heterocycles. The number of hydrogen-bond acceptors (Lipinski definition) is 10. The number of thioether (sulfide) groups is 1. The van der Waals surface area contributed by atoms with Gasteiger partial charge in [0.2, 0.25) is 18.0 Å². The summed E-state index contributed by atoms with van der Waals surface area (Å²) < 4.78 is 14.9. The number of ether oxygens (including phenoxy) is 3. The maximum atomic E-state index is 13.9. The fraction of sp³-hybridized carbons (Fsp3) is 0.281. The van der Waals surface area contributed by atoms with E-state index in [1.165, 1.54) is 40.9 Å². The summed E-state index contributed by atoms with van der Waals surface area (Å²) in [5.41, 5.74) is 6.26. The maximum absolute atomic E-state index is 13.9. The molecule has 2 heterocycles. The van der Waals surface area contributed by atoms with Gasteiger partial charge in [-0.25, -0.2) is 9.59 Å². The standard InChI is InChI=1S/C32H32N4O8S/c1-31(2)32(29(40)42-17-20-9-5-3-6-10-20,36-27(39)25(34-19-37)28(36)45-31)35-26(38)24(33)22-13-15-23(16-14-22)44-30(41)43-18-21-11-7-4-8-12-21/h3-16,19,24-25,28H,17-18,33H2,1-2H3,(H,34,37)(H,35,38)/t24?,25-,28-,32+/m1/s1. The molecular formula is C32H32N4O8S. The Morgan fingerprint density at radius 3 is 2.09 bits per heavy atom. The van der Waals surface area contributed by atoms with Crippen molar-refractivity contribution in [1.82, 2.24) is 15.5 Å². The van der Waals surface area contributed by atoms with Crippen LogP contribution in [0.15, 0.2) is 84.9 Å². The van der Waals surface area contributed by atoms with Gasteiger partial charge in [0.25, 0.3) is 5.91 Å². The molecule has 234 valence electrons. The first-order valence-electron chi connectivity index (χ1n) is 14.1. The molecule has 45 heavy (non-hydrogen) atoms. The smallest absolute Gasteiger partial charge is 0.458 e. The minimum atomic E-state index is -1.93. The minimum Gasteiger partial charge on any atom is -0.458 e. The van der Waals surface area contributed by atoms with Gasteiger partial charge >= 0.3 is 12.1 Å². The molecule has 3 aromatic rings. The van der Waals surface area contributed by atoms with E-state index in [0.717, 1.165) is 5.56 Å². The lowest BCUT2D eigenvalue weighted by atomic mass is 9.87. The van der Waals surface area contributed by atoms with Gasteiger partial charge in [-0.2, -0.15) is 0 Å². The van der Waals surface area contributed by atoms with E-state index in [-0.39, 0.29) is 19.0 Å². The van der Waals surface area contributed by atoms with Crippen LogP contribution in [0.25, 0.3) is 0 Å². The molecule has 4 atom stereocenters. The fourth-order valence-electron chi connectivity index (χ4n) is 5.27. The van der Waals surface area contributed by atoms with Crippen LogP contribution in [0.4, 0.5) is 4.79 Å². The molecule has 0 radical (unpaired) electrons. The number of β-lactam (4-membered cyclic amide) rings is 1. The first kappa shape index (κ1) is 31.5. The molecule has 0 saturated carbocycles. The normalized spacial score (nSPS) is 21.8. The van der Waals surface area contributed by atoms with Crippen molar-refractivity contribution < 1.29 is 38.2 Å². The largest absolute Gasteiger partial charge is 0.514 e. The van der Waals surface area contributed by atoms with Gasteiger partial charge in [-0.05, 0) is 42.7 Å². The summed E-state index contributed by atoms with van der Waals surface area (Å²) in [6.45, 7) is 3.36. The Kier molecular flexibility index (Phi) is 9.11. The monoisotopic (exact) mass is 632 g/mol. The Morgan fingerprint density at radius 2 is 1.51 bits per heavy atom. The van der Waals surface area contributed by atoms with Crippen LogP contribution < -0.4 is 21.1 Å². The summed E-state index contributed by atoms with van der Waals surface area (Å²) in [6.07, 6.45) is -0.479. The molecule has 1 unspecified atom stereocenters. The van der Waals surface area contributed by atoms with Gasteiger partial charge in [-0.3, -0.25) is 19.3 Å². The van der Waals surface area contributed by atoms with Crippen molar-refractivity contribution in [2.45, 2.75) is 54.9 Å². The Bertz CT molecular complexity index is 1570. The molecule has 13 heteroatoms. The van der Waals surface area contributed by atoms with Crippen LogP contribution >= 0.6 is 11.8 Å². The molecule has 4 N–H and O–H groups in total. The lowest BCUT2D eigenvalue weighted by Crippen LogP contribution is -2.80. The summed E-state index contributed by atoms with van der Waals surface area (Å²) in [4.78, 5) is 65.3. The zero-order valence-electron chi connectivity index (χ0n) is 24.5. The van der Waals surface area contributed by atoms with Crippen LogP contribution in [0.2, 0.25) is 0 Å². The number of carbonyl (C=O) groups excluding carboxylic acids is 5. The highest BCUT2D eigenvalue weighted by Crippen LogP contribution is 2.56. The van der Waals surface area contributed by atoms with E-state index >= 15 is 0 Å². The third-order valence-electron chi connectivity index (χ3n) is 7.67. The third-order valence-corrected chi connectivity index (χ3v) is 9.28. The number of esters is 1. The second kappa shape index (κ2) is 13.0. The second-order valence-electron chi connectivity index (χ2n) is 10.9. The molecule has 2 fully saturated rings. The molecule has 0 bridgehead atoms.